The first-order valence-corrected chi connectivity index (χ1v) is 6.11. The molecule has 1 rings (SSSR count). The summed E-state index contributed by atoms with van der Waals surface area (Å²) in [5.74, 6) is -0.0338. The number of rotatable bonds is 2. The third-order valence-electron chi connectivity index (χ3n) is 2.25. The topological polar surface area (TPSA) is 20.3 Å². The van der Waals surface area contributed by atoms with Crippen molar-refractivity contribution in [3.8, 4) is 0 Å². The third kappa shape index (κ3) is 3.08. The molecule has 1 aromatic rings. The fourth-order valence-corrected chi connectivity index (χ4v) is 1.78. The summed E-state index contributed by atoms with van der Waals surface area (Å²) in [7, 11) is 1.78. The molecule has 0 radical (unpaired) electrons. The molecule has 0 aliphatic carbocycles. The van der Waals surface area contributed by atoms with E-state index in [1.54, 1.807) is 18.0 Å². The van der Waals surface area contributed by atoms with Crippen LogP contribution in [0.25, 0.3) is 0 Å². The summed E-state index contributed by atoms with van der Waals surface area (Å²) in [6, 6.07) is 5.62. The predicted molar refractivity (Wildman–Crippen MR) is 71.4 cm³/mol. The van der Waals surface area contributed by atoms with E-state index in [0.29, 0.717) is 10.6 Å². The van der Waals surface area contributed by atoms with Crippen LogP contribution in [0.1, 0.15) is 24.2 Å². The fourth-order valence-electron chi connectivity index (χ4n) is 1.09. The van der Waals surface area contributed by atoms with E-state index in [9.17, 15) is 4.79 Å². The van der Waals surface area contributed by atoms with Crippen LogP contribution in [0.3, 0.4) is 0 Å². The Morgan fingerprint density at radius 3 is 2.60 bits per heavy atom. The quantitative estimate of drug-likeness (QED) is 0.757. The molecule has 1 amide bonds. The maximum Gasteiger partial charge on any atom is 0.255 e. The molecule has 0 saturated carbocycles. The zero-order chi connectivity index (χ0) is 11.6. The van der Waals surface area contributed by atoms with E-state index < -0.39 is 0 Å². The second-order valence-electron chi connectivity index (χ2n) is 3.63. The van der Waals surface area contributed by atoms with E-state index in [1.807, 2.05) is 26.0 Å². The molecular formula is C11H13ClINO. The summed E-state index contributed by atoms with van der Waals surface area (Å²) in [5.41, 5.74) is 0.569. The summed E-state index contributed by atoms with van der Waals surface area (Å²) >= 11 is 8.16. The van der Waals surface area contributed by atoms with Crippen LogP contribution in [-0.2, 0) is 0 Å². The van der Waals surface area contributed by atoms with Gasteiger partial charge in [0.05, 0.1) is 10.6 Å². The van der Waals surface area contributed by atoms with Gasteiger partial charge in [-0.1, -0.05) is 11.6 Å². The number of hydrogen-bond acceptors (Lipinski definition) is 1. The maximum atomic E-state index is 12.0. The van der Waals surface area contributed by atoms with Crippen LogP contribution in [0.15, 0.2) is 18.2 Å². The van der Waals surface area contributed by atoms with Crippen LogP contribution in [-0.4, -0.2) is 23.9 Å². The highest BCUT2D eigenvalue weighted by Crippen LogP contribution is 2.20. The number of carbonyl (C=O) groups excluding carboxylic acids is 1. The number of carbonyl (C=O) groups is 1. The van der Waals surface area contributed by atoms with Crippen molar-refractivity contribution in [2.45, 2.75) is 19.9 Å². The van der Waals surface area contributed by atoms with Gasteiger partial charge in [0.25, 0.3) is 5.91 Å². The van der Waals surface area contributed by atoms with Crippen molar-refractivity contribution >= 4 is 40.1 Å². The highest BCUT2D eigenvalue weighted by molar-refractivity contribution is 14.1. The molecule has 15 heavy (non-hydrogen) atoms. The van der Waals surface area contributed by atoms with E-state index in [-0.39, 0.29) is 11.9 Å². The van der Waals surface area contributed by atoms with Gasteiger partial charge >= 0.3 is 0 Å². The molecule has 0 fully saturated rings. The van der Waals surface area contributed by atoms with E-state index in [2.05, 4.69) is 22.6 Å². The van der Waals surface area contributed by atoms with Crippen molar-refractivity contribution in [3.63, 3.8) is 0 Å². The van der Waals surface area contributed by atoms with Gasteiger partial charge in [-0.2, -0.15) is 0 Å². The summed E-state index contributed by atoms with van der Waals surface area (Å²) in [6.07, 6.45) is 0. The van der Waals surface area contributed by atoms with Gasteiger partial charge in [-0.05, 0) is 54.6 Å². The highest BCUT2D eigenvalue weighted by atomic mass is 127. The van der Waals surface area contributed by atoms with Gasteiger partial charge in [-0.15, -0.1) is 0 Å². The smallest absolute Gasteiger partial charge is 0.255 e. The zero-order valence-electron chi connectivity index (χ0n) is 8.92. The molecule has 0 aliphatic rings. The molecule has 0 heterocycles. The number of halogens is 2. The SMILES string of the molecule is CC(C)N(C)C(=O)c1cc(I)ccc1Cl. The molecule has 2 nitrogen and oxygen atoms in total. The Kier molecular flexibility index (Phi) is 4.40. The number of benzene rings is 1. The standard InChI is InChI=1S/C11H13ClINO/c1-7(2)14(3)11(15)9-6-8(13)4-5-10(9)12/h4-7H,1-3H3. The molecule has 0 atom stereocenters. The Morgan fingerprint density at radius 2 is 2.07 bits per heavy atom. The lowest BCUT2D eigenvalue weighted by molar-refractivity contribution is 0.0755. The molecular weight excluding hydrogens is 324 g/mol. The number of hydrogen-bond donors (Lipinski definition) is 0. The molecule has 0 bridgehead atoms. The van der Waals surface area contributed by atoms with Crippen molar-refractivity contribution in [1.82, 2.24) is 4.90 Å². The van der Waals surface area contributed by atoms with Crippen molar-refractivity contribution < 1.29 is 4.79 Å². The van der Waals surface area contributed by atoms with E-state index in [4.69, 9.17) is 11.6 Å². The first-order valence-electron chi connectivity index (χ1n) is 4.65. The van der Waals surface area contributed by atoms with Gasteiger partial charge in [0.15, 0.2) is 0 Å². The van der Waals surface area contributed by atoms with Crippen molar-refractivity contribution in [2.24, 2.45) is 0 Å². The largest absolute Gasteiger partial charge is 0.339 e. The second kappa shape index (κ2) is 5.16. The van der Waals surface area contributed by atoms with Crippen molar-refractivity contribution in [1.29, 1.82) is 0 Å². The van der Waals surface area contributed by atoms with Gasteiger partial charge in [-0.25, -0.2) is 0 Å². The normalized spacial score (nSPS) is 10.5. The van der Waals surface area contributed by atoms with Gasteiger partial charge < -0.3 is 4.90 Å². The molecule has 0 aromatic heterocycles. The average Bonchev–Trinajstić information content (AvgIpc) is 2.19. The highest BCUT2D eigenvalue weighted by Gasteiger charge is 2.17. The lowest BCUT2D eigenvalue weighted by Gasteiger charge is -2.22. The Balaban J connectivity index is 3.05. The summed E-state index contributed by atoms with van der Waals surface area (Å²) in [5, 5.41) is 0.507. The summed E-state index contributed by atoms with van der Waals surface area (Å²) < 4.78 is 1.01. The van der Waals surface area contributed by atoms with E-state index in [1.165, 1.54) is 0 Å². The van der Waals surface area contributed by atoms with Crippen LogP contribution >= 0.6 is 34.2 Å². The first kappa shape index (κ1) is 12.8. The van der Waals surface area contributed by atoms with Gasteiger partial charge in [0, 0.05) is 16.7 Å². The zero-order valence-corrected chi connectivity index (χ0v) is 11.8. The Bertz CT molecular complexity index is 379. The molecule has 82 valence electrons. The lowest BCUT2D eigenvalue weighted by atomic mass is 10.2. The minimum absolute atomic E-state index is 0.0338. The number of amides is 1. The van der Waals surface area contributed by atoms with E-state index in [0.717, 1.165) is 3.57 Å². The third-order valence-corrected chi connectivity index (χ3v) is 3.25. The fraction of sp³-hybridized carbons (Fsp3) is 0.364. The Labute approximate surface area is 109 Å². The van der Waals surface area contributed by atoms with Crippen LogP contribution in [0.5, 0.6) is 0 Å². The molecule has 0 saturated heterocycles. The molecule has 4 heteroatoms. The van der Waals surface area contributed by atoms with Gasteiger partial charge in [0.2, 0.25) is 0 Å². The molecule has 1 aromatic carbocycles. The Morgan fingerprint density at radius 1 is 1.47 bits per heavy atom. The minimum atomic E-state index is -0.0338. The molecule has 0 spiro atoms. The predicted octanol–water partition coefficient (Wildman–Crippen LogP) is 3.43. The lowest BCUT2D eigenvalue weighted by Crippen LogP contribution is -2.33. The van der Waals surface area contributed by atoms with Crippen LogP contribution in [0, 0.1) is 3.57 Å². The van der Waals surface area contributed by atoms with E-state index >= 15 is 0 Å². The average molecular weight is 338 g/mol. The van der Waals surface area contributed by atoms with Crippen LogP contribution in [0.4, 0.5) is 0 Å². The monoisotopic (exact) mass is 337 g/mol. The summed E-state index contributed by atoms with van der Waals surface area (Å²) in [6.45, 7) is 3.94. The van der Waals surface area contributed by atoms with Crippen LogP contribution < -0.4 is 0 Å². The Hall–Kier alpha value is -0.290. The van der Waals surface area contributed by atoms with Gasteiger partial charge in [-0.3, -0.25) is 4.79 Å². The van der Waals surface area contributed by atoms with Crippen molar-refractivity contribution in [3.05, 3.63) is 32.4 Å². The van der Waals surface area contributed by atoms with Crippen molar-refractivity contribution in [2.75, 3.05) is 7.05 Å². The molecule has 0 N–H and O–H groups in total. The molecule has 0 unspecified atom stereocenters. The first-order chi connectivity index (χ1) is 6.93. The second-order valence-corrected chi connectivity index (χ2v) is 5.29. The summed E-state index contributed by atoms with van der Waals surface area (Å²) in [4.78, 5) is 13.7. The number of nitrogens with zero attached hydrogens (tertiary/aromatic N) is 1. The van der Waals surface area contributed by atoms with Crippen LogP contribution in [0.2, 0.25) is 5.02 Å². The maximum absolute atomic E-state index is 12.0. The minimum Gasteiger partial charge on any atom is -0.339 e. The van der Waals surface area contributed by atoms with Gasteiger partial charge in [0.1, 0.15) is 0 Å². The molecule has 0 aliphatic heterocycles.